The molecule has 2 aliphatic carbocycles. The average molecular weight is 370 g/mol. The molecule has 1 heteroatoms. The smallest absolute Gasteiger partial charge is 0.0711 e. The van der Waals surface area contributed by atoms with E-state index in [0.717, 1.165) is 17.5 Å². The highest BCUT2D eigenvalue weighted by atomic mass is 14.7. The van der Waals surface area contributed by atoms with Gasteiger partial charge in [-0.1, -0.05) is 49.9 Å². The maximum Gasteiger partial charge on any atom is 0.0711 e. The van der Waals surface area contributed by atoms with Gasteiger partial charge in [-0.3, -0.25) is 4.98 Å². The van der Waals surface area contributed by atoms with Gasteiger partial charge in [-0.15, -0.1) is 0 Å². The molecule has 0 amide bonds. The van der Waals surface area contributed by atoms with Crippen LogP contribution in [0.3, 0.4) is 0 Å². The van der Waals surface area contributed by atoms with E-state index in [1.165, 1.54) is 90.0 Å². The highest BCUT2D eigenvalue weighted by Gasteiger charge is 2.20. The Kier molecular flexibility index (Phi) is 4.70. The Hall–Kier alpha value is -2.15. The summed E-state index contributed by atoms with van der Waals surface area (Å²) in [5.74, 6) is 1.50. The topological polar surface area (TPSA) is 12.9 Å². The Morgan fingerprint density at radius 3 is 2.11 bits per heavy atom. The third-order valence-corrected chi connectivity index (χ3v) is 7.36. The Morgan fingerprint density at radius 2 is 1.39 bits per heavy atom. The van der Waals surface area contributed by atoms with E-state index in [-0.39, 0.29) is 0 Å². The molecule has 2 aliphatic rings. The first-order valence-corrected chi connectivity index (χ1v) is 11.2. The number of pyridine rings is 1. The number of rotatable bonds is 3. The fourth-order valence-electron chi connectivity index (χ4n) is 5.47. The normalized spacial score (nSPS) is 18.4. The Balaban J connectivity index is 1.58. The molecule has 1 heterocycles. The van der Waals surface area contributed by atoms with Crippen LogP contribution in [0.15, 0.2) is 42.6 Å². The maximum absolute atomic E-state index is 4.87. The van der Waals surface area contributed by atoms with Gasteiger partial charge in [0.2, 0.25) is 0 Å². The molecule has 28 heavy (non-hydrogen) atoms. The molecular formula is C27H31N. The zero-order valence-corrected chi connectivity index (χ0v) is 17.3. The van der Waals surface area contributed by atoms with E-state index in [0.29, 0.717) is 0 Å². The van der Waals surface area contributed by atoms with Crippen molar-refractivity contribution in [3.05, 3.63) is 64.8 Å². The van der Waals surface area contributed by atoms with E-state index >= 15 is 0 Å². The molecule has 2 saturated carbocycles. The third-order valence-electron chi connectivity index (χ3n) is 7.36. The molecule has 2 fully saturated rings. The molecule has 0 N–H and O–H groups in total. The molecule has 0 atom stereocenters. The van der Waals surface area contributed by atoms with Crippen LogP contribution in [0.4, 0.5) is 0 Å². The largest absolute Gasteiger partial charge is 0.256 e. The summed E-state index contributed by atoms with van der Waals surface area (Å²) < 4.78 is 0. The second-order valence-electron chi connectivity index (χ2n) is 9.15. The van der Waals surface area contributed by atoms with Crippen molar-refractivity contribution in [3.8, 4) is 11.3 Å². The predicted molar refractivity (Wildman–Crippen MR) is 119 cm³/mol. The summed E-state index contributed by atoms with van der Waals surface area (Å²) >= 11 is 0. The van der Waals surface area contributed by atoms with Gasteiger partial charge in [0.15, 0.2) is 0 Å². The van der Waals surface area contributed by atoms with Crippen molar-refractivity contribution in [2.75, 3.05) is 0 Å². The van der Waals surface area contributed by atoms with Gasteiger partial charge in [-0.05, 0) is 91.1 Å². The maximum atomic E-state index is 4.87. The number of hydrogen-bond donors (Lipinski definition) is 0. The standard InChI is InChI=1S/C27H31N/c1-18-13-24(21-9-5-6-10-21)15-26(19(18)2)27-16-25-14-22(20-7-3-4-8-20)11-12-23(25)17-28-27/h11-17,20-21H,3-10H2,1-2H3. The molecule has 0 saturated heterocycles. The molecule has 0 unspecified atom stereocenters. The van der Waals surface area contributed by atoms with Crippen molar-refractivity contribution in [2.45, 2.75) is 77.0 Å². The van der Waals surface area contributed by atoms with Crippen LogP contribution in [-0.4, -0.2) is 4.98 Å². The minimum absolute atomic E-state index is 0.743. The van der Waals surface area contributed by atoms with E-state index in [1.807, 2.05) is 0 Å². The van der Waals surface area contributed by atoms with Crippen molar-refractivity contribution in [2.24, 2.45) is 0 Å². The highest BCUT2D eigenvalue weighted by Crippen LogP contribution is 2.39. The van der Waals surface area contributed by atoms with Gasteiger partial charge in [-0.25, -0.2) is 0 Å². The summed E-state index contributed by atoms with van der Waals surface area (Å²) in [6, 6.07) is 14.2. The lowest BCUT2D eigenvalue weighted by atomic mass is 9.89. The van der Waals surface area contributed by atoms with Gasteiger partial charge in [-0.2, -0.15) is 0 Å². The summed E-state index contributed by atoms with van der Waals surface area (Å²) in [6.45, 7) is 4.51. The van der Waals surface area contributed by atoms with Crippen molar-refractivity contribution >= 4 is 10.8 Å². The minimum Gasteiger partial charge on any atom is -0.256 e. The lowest BCUT2D eigenvalue weighted by Crippen LogP contribution is -1.98. The van der Waals surface area contributed by atoms with Crippen LogP contribution in [0.25, 0.3) is 22.0 Å². The Morgan fingerprint density at radius 1 is 0.714 bits per heavy atom. The number of aromatic nitrogens is 1. The fraction of sp³-hybridized carbons (Fsp3) is 0.444. The van der Waals surface area contributed by atoms with Gasteiger partial charge >= 0.3 is 0 Å². The van der Waals surface area contributed by atoms with Gasteiger partial charge in [0.05, 0.1) is 5.69 Å². The monoisotopic (exact) mass is 369 g/mol. The molecule has 0 radical (unpaired) electrons. The van der Waals surface area contributed by atoms with E-state index in [2.05, 4.69) is 56.4 Å². The van der Waals surface area contributed by atoms with Crippen molar-refractivity contribution in [3.63, 3.8) is 0 Å². The second-order valence-corrected chi connectivity index (χ2v) is 9.15. The van der Waals surface area contributed by atoms with Gasteiger partial charge in [0, 0.05) is 17.1 Å². The average Bonchev–Trinajstić information content (AvgIpc) is 3.43. The predicted octanol–water partition coefficient (Wildman–Crippen LogP) is 7.83. The van der Waals surface area contributed by atoms with Crippen molar-refractivity contribution in [1.29, 1.82) is 0 Å². The third kappa shape index (κ3) is 3.26. The van der Waals surface area contributed by atoms with E-state index in [9.17, 15) is 0 Å². The Bertz CT molecular complexity index is 1000. The minimum atomic E-state index is 0.743. The van der Waals surface area contributed by atoms with Gasteiger partial charge in [0.1, 0.15) is 0 Å². The molecule has 3 aromatic rings. The summed E-state index contributed by atoms with van der Waals surface area (Å²) in [7, 11) is 0. The zero-order chi connectivity index (χ0) is 19.1. The summed E-state index contributed by atoms with van der Waals surface area (Å²) in [6.07, 6.45) is 13.0. The van der Waals surface area contributed by atoms with Crippen LogP contribution < -0.4 is 0 Å². The number of hydrogen-bond acceptors (Lipinski definition) is 1. The highest BCUT2D eigenvalue weighted by molar-refractivity contribution is 5.86. The molecule has 5 rings (SSSR count). The zero-order valence-electron chi connectivity index (χ0n) is 17.3. The molecule has 2 aromatic carbocycles. The lowest BCUT2D eigenvalue weighted by Gasteiger charge is -2.16. The first kappa shape index (κ1) is 17.9. The second kappa shape index (κ2) is 7.35. The number of benzene rings is 2. The van der Waals surface area contributed by atoms with Crippen molar-refractivity contribution in [1.82, 2.24) is 4.98 Å². The van der Waals surface area contributed by atoms with E-state index in [4.69, 9.17) is 4.98 Å². The van der Waals surface area contributed by atoms with E-state index < -0.39 is 0 Å². The molecule has 1 nitrogen and oxygen atoms in total. The van der Waals surface area contributed by atoms with Crippen LogP contribution in [0, 0.1) is 13.8 Å². The van der Waals surface area contributed by atoms with Crippen LogP contribution in [0.5, 0.6) is 0 Å². The number of fused-ring (bicyclic) bond motifs is 1. The van der Waals surface area contributed by atoms with Crippen LogP contribution in [-0.2, 0) is 0 Å². The van der Waals surface area contributed by atoms with Crippen LogP contribution in [0.2, 0.25) is 0 Å². The van der Waals surface area contributed by atoms with Crippen molar-refractivity contribution < 1.29 is 0 Å². The lowest BCUT2D eigenvalue weighted by molar-refractivity contribution is 0.722. The van der Waals surface area contributed by atoms with Gasteiger partial charge in [0.25, 0.3) is 0 Å². The van der Waals surface area contributed by atoms with E-state index in [1.54, 1.807) is 0 Å². The molecule has 1 aromatic heterocycles. The Labute approximate surface area is 169 Å². The molecule has 0 aliphatic heterocycles. The molecular weight excluding hydrogens is 338 g/mol. The van der Waals surface area contributed by atoms with Gasteiger partial charge < -0.3 is 0 Å². The summed E-state index contributed by atoms with van der Waals surface area (Å²) in [5, 5.41) is 2.60. The van der Waals surface area contributed by atoms with Crippen LogP contribution >= 0.6 is 0 Å². The fourth-order valence-corrected chi connectivity index (χ4v) is 5.47. The molecule has 0 spiro atoms. The first-order valence-electron chi connectivity index (χ1n) is 11.2. The first-order chi connectivity index (χ1) is 13.7. The summed E-state index contributed by atoms with van der Waals surface area (Å²) in [4.78, 5) is 4.87. The summed E-state index contributed by atoms with van der Waals surface area (Å²) in [5.41, 5.74) is 8.29. The SMILES string of the molecule is Cc1cc(C2CCCC2)cc(-c2cc3cc(C4CCCC4)ccc3cn2)c1C. The quantitative estimate of drug-likeness (QED) is 0.458. The number of aryl methyl sites for hydroxylation is 1. The molecule has 0 bridgehead atoms. The number of nitrogens with zero attached hydrogens (tertiary/aromatic N) is 1. The van der Waals surface area contributed by atoms with Crippen LogP contribution in [0.1, 0.15) is 85.5 Å². The molecule has 144 valence electrons.